The number of nitrogens with two attached hydrogens (primary N) is 1. The number of nitrogens with one attached hydrogen (secondary N) is 1. The summed E-state index contributed by atoms with van der Waals surface area (Å²) < 4.78 is 5.27. The predicted octanol–water partition coefficient (Wildman–Crippen LogP) is 2.22. The van der Waals surface area contributed by atoms with E-state index in [4.69, 9.17) is 10.2 Å². The maximum absolute atomic E-state index is 12.3. The Hall–Kier alpha value is -1.29. The second kappa shape index (κ2) is 5.00. The van der Waals surface area contributed by atoms with Crippen LogP contribution in [0.15, 0.2) is 16.7 Å². The van der Waals surface area contributed by atoms with Crippen LogP contribution in [-0.2, 0) is 0 Å². The predicted molar refractivity (Wildman–Crippen MR) is 72.7 cm³/mol. The minimum atomic E-state index is -0.0696. The van der Waals surface area contributed by atoms with Crippen molar-refractivity contribution in [1.82, 2.24) is 5.32 Å². The van der Waals surface area contributed by atoms with Gasteiger partial charge in [-0.05, 0) is 50.5 Å². The molecule has 2 fully saturated rings. The lowest BCUT2D eigenvalue weighted by Gasteiger charge is -2.45. The van der Waals surface area contributed by atoms with Gasteiger partial charge in [0.05, 0.1) is 6.26 Å². The van der Waals surface area contributed by atoms with Gasteiger partial charge in [-0.3, -0.25) is 4.79 Å². The molecular formula is C15H22N2O2. The highest BCUT2D eigenvalue weighted by Crippen LogP contribution is 2.39. The molecule has 4 heteroatoms. The number of hydrogen-bond acceptors (Lipinski definition) is 3. The van der Waals surface area contributed by atoms with Crippen molar-refractivity contribution in [2.75, 3.05) is 0 Å². The molecule has 0 spiro atoms. The van der Waals surface area contributed by atoms with Crippen LogP contribution < -0.4 is 11.1 Å². The van der Waals surface area contributed by atoms with Gasteiger partial charge in [0.25, 0.3) is 5.91 Å². The van der Waals surface area contributed by atoms with Crippen LogP contribution in [0.1, 0.15) is 48.2 Å². The average Bonchev–Trinajstić information content (AvgIpc) is 2.76. The molecule has 1 aromatic heterocycles. The van der Waals surface area contributed by atoms with Crippen molar-refractivity contribution in [2.45, 2.75) is 51.1 Å². The Kier molecular flexibility index (Phi) is 3.35. The summed E-state index contributed by atoms with van der Waals surface area (Å²) in [6, 6.07) is 2.42. The minimum Gasteiger partial charge on any atom is -0.459 e. The van der Waals surface area contributed by atoms with Gasteiger partial charge in [0.2, 0.25) is 0 Å². The van der Waals surface area contributed by atoms with Crippen LogP contribution in [0.3, 0.4) is 0 Å². The molecule has 4 nitrogen and oxygen atoms in total. The van der Waals surface area contributed by atoms with Gasteiger partial charge in [-0.1, -0.05) is 6.42 Å². The van der Waals surface area contributed by atoms with Crippen molar-refractivity contribution < 1.29 is 9.21 Å². The second-order valence-corrected chi connectivity index (χ2v) is 6.11. The molecule has 2 atom stereocenters. The number of amides is 1. The average molecular weight is 262 g/mol. The molecule has 0 saturated heterocycles. The Morgan fingerprint density at radius 3 is 2.63 bits per heavy atom. The van der Waals surface area contributed by atoms with E-state index in [2.05, 4.69) is 5.32 Å². The summed E-state index contributed by atoms with van der Waals surface area (Å²) in [5, 5.41) is 3.20. The zero-order chi connectivity index (χ0) is 13.4. The summed E-state index contributed by atoms with van der Waals surface area (Å²) in [6.07, 6.45) is 7.30. The van der Waals surface area contributed by atoms with Crippen LogP contribution in [0.25, 0.3) is 0 Å². The lowest BCUT2D eigenvalue weighted by Crippen LogP contribution is -2.53. The van der Waals surface area contributed by atoms with Gasteiger partial charge < -0.3 is 15.5 Å². The fraction of sp³-hybridized carbons (Fsp3) is 0.667. The molecule has 2 aliphatic carbocycles. The van der Waals surface area contributed by atoms with E-state index in [1.165, 1.54) is 19.3 Å². The van der Waals surface area contributed by atoms with E-state index in [1.807, 2.05) is 13.0 Å². The number of hydrogen-bond donors (Lipinski definition) is 2. The fourth-order valence-corrected chi connectivity index (χ4v) is 3.85. The molecule has 2 unspecified atom stereocenters. The molecule has 1 amide bonds. The van der Waals surface area contributed by atoms with Gasteiger partial charge in [0.1, 0.15) is 0 Å². The first-order valence-corrected chi connectivity index (χ1v) is 7.25. The Morgan fingerprint density at radius 2 is 2.05 bits per heavy atom. The normalized spacial score (nSPS) is 34.0. The van der Waals surface area contributed by atoms with Crippen molar-refractivity contribution in [2.24, 2.45) is 17.6 Å². The van der Waals surface area contributed by atoms with E-state index in [0.29, 0.717) is 23.6 Å². The molecule has 0 radical (unpaired) electrons. The summed E-state index contributed by atoms with van der Waals surface area (Å²) in [6.45, 7) is 1.90. The molecular weight excluding hydrogens is 240 g/mol. The zero-order valence-corrected chi connectivity index (χ0v) is 11.4. The second-order valence-electron chi connectivity index (χ2n) is 6.11. The topological polar surface area (TPSA) is 68.3 Å². The molecule has 2 saturated carbocycles. The van der Waals surface area contributed by atoms with Crippen LogP contribution in [0, 0.1) is 18.8 Å². The number of rotatable bonds is 2. The third kappa shape index (κ3) is 2.41. The smallest absolute Gasteiger partial charge is 0.287 e. The number of carbonyl (C=O) groups is 1. The van der Waals surface area contributed by atoms with E-state index in [-0.39, 0.29) is 11.9 Å². The van der Waals surface area contributed by atoms with Crippen molar-refractivity contribution in [1.29, 1.82) is 0 Å². The van der Waals surface area contributed by atoms with E-state index >= 15 is 0 Å². The van der Waals surface area contributed by atoms with Gasteiger partial charge >= 0.3 is 0 Å². The van der Waals surface area contributed by atoms with E-state index in [9.17, 15) is 4.79 Å². The number of fused-ring (bicyclic) bond motifs is 2. The van der Waals surface area contributed by atoms with E-state index in [1.54, 1.807) is 6.26 Å². The van der Waals surface area contributed by atoms with E-state index in [0.717, 1.165) is 18.4 Å². The molecule has 104 valence electrons. The lowest BCUT2D eigenvalue weighted by molar-refractivity contribution is 0.0731. The van der Waals surface area contributed by atoms with E-state index < -0.39 is 0 Å². The standard InChI is InChI=1S/C15H22N2O2/c1-9-5-6-19-14(9)15(18)17-13-10-3-2-4-11(13)8-12(16)7-10/h5-6,10-13H,2-4,7-8,16H2,1H3,(H,17,18). The maximum atomic E-state index is 12.3. The third-order valence-electron chi connectivity index (χ3n) is 4.74. The molecule has 3 rings (SSSR count). The minimum absolute atomic E-state index is 0.0696. The quantitative estimate of drug-likeness (QED) is 0.858. The highest BCUT2D eigenvalue weighted by Gasteiger charge is 2.40. The summed E-state index contributed by atoms with van der Waals surface area (Å²) in [4.78, 5) is 12.3. The van der Waals surface area contributed by atoms with Gasteiger partial charge in [-0.15, -0.1) is 0 Å². The number of furan rings is 1. The summed E-state index contributed by atoms with van der Waals surface area (Å²) in [5.41, 5.74) is 7.00. The SMILES string of the molecule is Cc1ccoc1C(=O)NC1C2CCCC1CC(N)C2. The highest BCUT2D eigenvalue weighted by molar-refractivity contribution is 5.93. The summed E-state index contributed by atoms with van der Waals surface area (Å²) in [7, 11) is 0. The molecule has 3 N–H and O–H groups in total. The molecule has 1 heterocycles. The lowest BCUT2D eigenvalue weighted by atomic mass is 9.67. The highest BCUT2D eigenvalue weighted by atomic mass is 16.3. The summed E-state index contributed by atoms with van der Waals surface area (Å²) in [5.74, 6) is 1.47. The van der Waals surface area contributed by atoms with Crippen molar-refractivity contribution in [3.05, 3.63) is 23.7 Å². The van der Waals surface area contributed by atoms with Gasteiger partial charge in [-0.2, -0.15) is 0 Å². The Balaban J connectivity index is 1.72. The van der Waals surface area contributed by atoms with Crippen molar-refractivity contribution in [3.63, 3.8) is 0 Å². The van der Waals surface area contributed by atoms with Crippen molar-refractivity contribution >= 4 is 5.91 Å². The molecule has 0 aromatic carbocycles. The first-order valence-electron chi connectivity index (χ1n) is 7.25. The molecule has 2 aliphatic rings. The Bertz CT molecular complexity index is 454. The van der Waals surface area contributed by atoms with Crippen molar-refractivity contribution in [3.8, 4) is 0 Å². The van der Waals surface area contributed by atoms with Gasteiger partial charge in [-0.25, -0.2) is 0 Å². The molecule has 19 heavy (non-hydrogen) atoms. The Labute approximate surface area is 113 Å². The summed E-state index contributed by atoms with van der Waals surface area (Å²) >= 11 is 0. The first-order chi connectivity index (χ1) is 9.15. The van der Waals surface area contributed by atoms with Crippen LogP contribution >= 0.6 is 0 Å². The van der Waals surface area contributed by atoms with Crippen LogP contribution in [-0.4, -0.2) is 18.0 Å². The molecule has 2 bridgehead atoms. The largest absolute Gasteiger partial charge is 0.459 e. The molecule has 0 aliphatic heterocycles. The van der Waals surface area contributed by atoms with Crippen LogP contribution in [0.2, 0.25) is 0 Å². The van der Waals surface area contributed by atoms with Gasteiger partial charge in [0, 0.05) is 17.6 Å². The fourth-order valence-electron chi connectivity index (χ4n) is 3.85. The first kappa shape index (κ1) is 12.7. The number of carbonyl (C=O) groups excluding carboxylic acids is 1. The maximum Gasteiger partial charge on any atom is 0.287 e. The third-order valence-corrected chi connectivity index (χ3v) is 4.74. The Morgan fingerprint density at radius 1 is 1.37 bits per heavy atom. The van der Waals surface area contributed by atoms with Gasteiger partial charge in [0.15, 0.2) is 5.76 Å². The van der Waals surface area contributed by atoms with Crippen LogP contribution in [0.5, 0.6) is 0 Å². The van der Waals surface area contributed by atoms with Crippen LogP contribution in [0.4, 0.5) is 0 Å². The monoisotopic (exact) mass is 262 g/mol. The molecule has 1 aromatic rings. The zero-order valence-electron chi connectivity index (χ0n) is 11.4. The number of aryl methyl sites for hydroxylation is 1.